The van der Waals surface area contributed by atoms with E-state index in [0.717, 1.165) is 22.1 Å². The van der Waals surface area contributed by atoms with Gasteiger partial charge in [-0.25, -0.2) is 4.98 Å². The third kappa shape index (κ3) is 2.40. The largest absolute Gasteiger partial charge is 0.367 e. The highest BCUT2D eigenvalue weighted by molar-refractivity contribution is 9.10. The molecule has 1 saturated carbocycles. The Kier molecular flexibility index (Phi) is 3.53. The number of hydrogen-bond donors (Lipinski definition) is 1. The van der Waals surface area contributed by atoms with E-state index in [1.165, 1.54) is 18.4 Å². The molecule has 1 aliphatic carbocycles. The maximum Gasteiger partial charge on any atom is 0.129 e. The number of nitrogens with one attached hydrogen (secondary N) is 1. The van der Waals surface area contributed by atoms with E-state index >= 15 is 0 Å². The van der Waals surface area contributed by atoms with Gasteiger partial charge in [0.1, 0.15) is 5.82 Å². The Morgan fingerprint density at radius 2 is 2.12 bits per heavy atom. The summed E-state index contributed by atoms with van der Waals surface area (Å²) in [4.78, 5) is 4.44. The Balaban J connectivity index is 2.09. The Bertz CT molecular complexity index is 378. The molecule has 0 aromatic carbocycles. The van der Waals surface area contributed by atoms with Crippen LogP contribution in [-0.2, 0) is 0 Å². The number of anilines is 1. The van der Waals surface area contributed by atoms with E-state index in [0.29, 0.717) is 6.04 Å². The second kappa shape index (κ2) is 4.74. The molecule has 3 atom stereocenters. The number of rotatable bonds is 2. The highest BCUT2D eigenvalue weighted by Gasteiger charge is 2.29. The molecule has 1 N–H and O–H groups in total. The van der Waals surface area contributed by atoms with Crippen LogP contribution in [0.3, 0.4) is 0 Å². The van der Waals surface area contributed by atoms with Crippen molar-refractivity contribution in [1.82, 2.24) is 4.98 Å². The first-order valence-corrected chi connectivity index (χ1v) is 6.76. The Morgan fingerprint density at radius 1 is 1.38 bits per heavy atom. The lowest BCUT2D eigenvalue weighted by molar-refractivity contribution is 0.435. The number of pyridine rings is 1. The summed E-state index contributed by atoms with van der Waals surface area (Å²) in [6.45, 7) is 6.78. The van der Waals surface area contributed by atoms with Gasteiger partial charge in [-0.15, -0.1) is 0 Å². The molecule has 3 unspecified atom stereocenters. The molecule has 0 amide bonds. The van der Waals surface area contributed by atoms with E-state index in [-0.39, 0.29) is 0 Å². The van der Waals surface area contributed by atoms with Crippen molar-refractivity contribution < 1.29 is 0 Å². The van der Waals surface area contributed by atoms with E-state index in [2.05, 4.69) is 53.1 Å². The summed E-state index contributed by atoms with van der Waals surface area (Å²) in [5, 5.41) is 3.58. The molecule has 0 saturated heterocycles. The van der Waals surface area contributed by atoms with Crippen LogP contribution in [0.25, 0.3) is 0 Å². The molecule has 3 heteroatoms. The second-order valence-electron chi connectivity index (χ2n) is 4.98. The van der Waals surface area contributed by atoms with Gasteiger partial charge in [-0.3, -0.25) is 0 Å². The summed E-state index contributed by atoms with van der Waals surface area (Å²) in [6, 6.07) is 2.70. The molecular weight excluding hydrogens is 264 g/mol. The maximum absolute atomic E-state index is 4.44. The number of aryl methyl sites for hydroxylation is 1. The van der Waals surface area contributed by atoms with Crippen LogP contribution in [-0.4, -0.2) is 11.0 Å². The Labute approximate surface area is 106 Å². The monoisotopic (exact) mass is 282 g/mol. The van der Waals surface area contributed by atoms with Crippen molar-refractivity contribution in [2.75, 3.05) is 5.32 Å². The lowest BCUT2D eigenvalue weighted by Crippen LogP contribution is -2.24. The average molecular weight is 283 g/mol. The van der Waals surface area contributed by atoms with Gasteiger partial charge in [0.05, 0.1) is 0 Å². The van der Waals surface area contributed by atoms with Crippen molar-refractivity contribution in [2.45, 2.75) is 39.7 Å². The second-order valence-corrected chi connectivity index (χ2v) is 5.90. The topological polar surface area (TPSA) is 24.9 Å². The van der Waals surface area contributed by atoms with Crippen LogP contribution >= 0.6 is 15.9 Å². The van der Waals surface area contributed by atoms with Crippen molar-refractivity contribution in [3.05, 3.63) is 22.3 Å². The fourth-order valence-corrected chi connectivity index (χ4v) is 2.88. The van der Waals surface area contributed by atoms with Crippen LogP contribution in [0.2, 0.25) is 0 Å². The van der Waals surface area contributed by atoms with E-state index in [9.17, 15) is 0 Å². The van der Waals surface area contributed by atoms with Gasteiger partial charge in [-0.1, -0.05) is 13.8 Å². The molecule has 0 spiro atoms. The van der Waals surface area contributed by atoms with Gasteiger partial charge in [-0.05, 0) is 59.2 Å². The number of nitrogens with zero attached hydrogens (tertiary/aromatic N) is 1. The normalized spacial score (nSPS) is 29.4. The average Bonchev–Trinajstić information content (AvgIpc) is 2.54. The lowest BCUT2D eigenvalue weighted by Gasteiger charge is -2.21. The minimum absolute atomic E-state index is 0.586. The van der Waals surface area contributed by atoms with Crippen molar-refractivity contribution in [1.29, 1.82) is 0 Å². The smallest absolute Gasteiger partial charge is 0.129 e. The van der Waals surface area contributed by atoms with Crippen molar-refractivity contribution in [3.63, 3.8) is 0 Å². The molecule has 1 aliphatic rings. The highest BCUT2D eigenvalue weighted by atomic mass is 79.9. The molecule has 0 bridgehead atoms. The van der Waals surface area contributed by atoms with Crippen LogP contribution in [0.1, 0.15) is 32.3 Å². The zero-order valence-electron chi connectivity index (χ0n) is 10.1. The quantitative estimate of drug-likeness (QED) is 0.887. The van der Waals surface area contributed by atoms with E-state index in [1.807, 2.05) is 6.20 Å². The fourth-order valence-electron chi connectivity index (χ4n) is 2.44. The van der Waals surface area contributed by atoms with Gasteiger partial charge in [0.2, 0.25) is 0 Å². The number of aromatic nitrogens is 1. The minimum Gasteiger partial charge on any atom is -0.367 e. The molecule has 1 aromatic rings. The number of halogens is 1. The van der Waals surface area contributed by atoms with Gasteiger partial charge in [0, 0.05) is 16.7 Å². The predicted octanol–water partition coefficient (Wildman–Crippen LogP) is 4.00. The zero-order valence-corrected chi connectivity index (χ0v) is 11.7. The Hall–Kier alpha value is -0.570. The fraction of sp³-hybridized carbons (Fsp3) is 0.615. The van der Waals surface area contributed by atoms with E-state index in [4.69, 9.17) is 0 Å². The zero-order chi connectivity index (χ0) is 11.7. The molecule has 16 heavy (non-hydrogen) atoms. The van der Waals surface area contributed by atoms with Crippen molar-refractivity contribution >= 4 is 21.7 Å². The molecule has 88 valence electrons. The third-order valence-electron chi connectivity index (χ3n) is 3.83. The van der Waals surface area contributed by atoms with Crippen LogP contribution in [0, 0.1) is 18.8 Å². The summed E-state index contributed by atoms with van der Waals surface area (Å²) in [6.07, 6.45) is 4.45. The minimum atomic E-state index is 0.586. The number of hydrogen-bond acceptors (Lipinski definition) is 2. The Morgan fingerprint density at radius 3 is 2.69 bits per heavy atom. The van der Waals surface area contributed by atoms with Gasteiger partial charge in [0.15, 0.2) is 0 Å². The molecule has 1 aromatic heterocycles. The van der Waals surface area contributed by atoms with Crippen molar-refractivity contribution in [3.8, 4) is 0 Å². The molecule has 2 rings (SSSR count). The summed E-state index contributed by atoms with van der Waals surface area (Å²) in [5.74, 6) is 2.60. The molecular formula is C13H19BrN2. The van der Waals surface area contributed by atoms with Crippen LogP contribution in [0.5, 0.6) is 0 Å². The molecule has 0 aliphatic heterocycles. The third-order valence-corrected chi connectivity index (χ3v) is 4.27. The van der Waals surface area contributed by atoms with Crippen LogP contribution in [0.15, 0.2) is 16.7 Å². The van der Waals surface area contributed by atoms with Gasteiger partial charge >= 0.3 is 0 Å². The maximum atomic E-state index is 4.44. The molecule has 2 nitrogen and oxygen atoms in total. The summed E-state index contributed by atoms with van der Waals surface area (Å²) < 4.78 is 1.04. The summed E-state index contributed by atoms with van der Waals surface area (Å²) in [5.41, 5.74) is 1.21. The van der Waals surface area contributed by atoms with Crippen molar-refractivity contribution in [2.24, 2.45) is 11.8 Å². The highest BCUT2D eigenvalue weighted by Crippen LogP contribution is 2.33. The van der Waals surface area contributed by atoms with Crippen LogP contribution < -0.4 is 5.32 Å². The first-order chi connectivity index (χ1) is 7.58. The first kappa shape index (κ1) is 11.9. The van der Waals surface area contributed by atoms with Gasteiger partial charge < -0.3 is 5.32 Å². The lowest BCUT2D eigenvalue weighted by atomic mass is 9.98. The van der Waals surface area contributed by atoms with E-state index in [1.54, 1.807) is 0 Å². The van der Waals surface area contributed by atoms with Crippen LogP contribution in [0.4, 0.5) is 5.82 Å². The molecule has 0 radical (unpaired) electrons. The molecule has 1 heterocycles. The summed E-state index contributed by atoms with van der Waals surface area (Å²) >= 11 is 3.44. The standard InChI is InChI=1S/C13H19BrN2/c1-8-4-5-12(10(8)3)16-13-9(2)6-11(14)7-15-13/h6-8,10,12H,4-5H2,1-3H3,(H,15,16). The first-order valence-electron chi connectivity index (χ1n) is 5.96. The van der Waals surface area contributed by atoms with E-state index < -0.39 is 0 Å². The molecule has 1 fully saturated rings. The summed E-state index contributed by atoms with van der Waals surface area (Å²) in [7, 11) is 0. The predicted molar refractivity (Wildman–Crippen MR) is 71.6 cm³/mol. The van der Waals surface area contributed by atoms with Gasteiger partial charge in [0.25, 0.3) is 0 Å². The van der Waals surface area contributed by atoms with Gasteiger partial charge in [-0.2, -0.15) is 0 Å². The SMILES string of the molecule is Cc1cc(Br)cnc1NC1CCC(C)C1C.